The smallest absolute Gasteiger partial charge is 0.131 e. The van der Waals surface area contributed by atoms with Crippen LogP contribution in [-0.4, -0.2) is 13.7 Å². The normalized spacial score (nSPS) is 24.0. The minimum atomic E-state index is -0.223. The molecule has 3 heteroatoms. The molecule has 2 saturated carbocycles. The highest BCUT2D eigenvalue weighted by Gasteiger charge is 2.23. The highest BCUT2D eigenvalue weighted by molar-refractivity contribution is 5.65. The van der Waals surface area contributed by atoms with E-state index in [4.69, 9.17) is 4.74 Å². The highest BCUT2D eigenvalue weighted by Crippen LogP contribution is 2.39. The molecule has 210 valence electrons. The van der Waals surface area contributed by atoms with Crippen LogP contribution in [0.15, 0.2) is 36.4 Å². The number of rotatable bonds is 13. The molecule has 0 radical (unpaired) electrons. The van der Waals surface area contributed by atoms with E-state index in [1.165, 1.54) is 76.7 Å². The van der Waals surface area contributed by atoms with Crippen LogP contribution in [0, 0.1) is 29.4 Å². The van der Waals surface area contributed by atoms with Crippen molar-refractivity contribution in [3.63, 3.8) is 0 Å². The van der Waals surface area contributed by atoms with Crippen molar-refractivity contribution >= 4 is 0 Å². The summed E-state index contributed by atoms with van der Waals surface area (Å²) in [6.45, 7) is 3.15. The largest absolute Gasteiger partial charge is 0.385 e. The molecule has 2 aliphatic carbocycles. The molecular weight excluding hydrogens is 474 g/mol. The molecule has 0 N–H and O–H groups in total. The van der Waals surface area contributed by atoms with Crippen molar-refractivity contribution in [1.29, 1.82) is 0 Å². The summed E-state index contributed by atoms with van der Waals surface area (Å²) in [5.41, 5.74) is 3.02. The van der Waals surface area contributed by atoms with Gasteiger partial charge in [0, 0.05) is 19.3 Å². The van der Waals surface area contributed by atoms with Gasteiger partial charge in [-0.2, -0.15) is 0 Å². The third kappa shape index (κ3) is 8.38. The lowest BCUT2D eigenvalue weighted by atomic mass is 9.77. The molecule has 0 amide bonds. The molecule has 0 bridgehead atoms. The molecule has 0 saturated heterocycles. The maximum atomic E-state index is 15.1. The number of halogens is 2. The first kappa shape index (κ1) is 29.2. The van der Waals surface area contributed by atoms with E-state index in [0.29, 0.717) is 17.0 Å². The van der Waals surface area contributed by atoms with Crippen LogP contribution in [0.4, 0.5) is 8.78 Å². The Bertz CT molecular complexity index is 970. The number of unbranched alkanes of at least 4 members (excludes halogenated alkanes) is 1. The zero-order valence-corrected chi connectivity index (χ0v) is 24.0. The molecule has 2 aromatic rings. The van der Waals surface area contributed by atoms with Crippen LogP contribution in [0.2, 0.25) is 0 Å². The number of hydrogen-bond donors (Lipinski definition) is 0. The Balaban J connectivity index is 1.22. The summed E-state index contributed by atoms with van der Waals surface area (Å²) in [6, 6.07) is 11.0. The molecule has 0 spiro atoms. The van der Waals surface area contributed by atoms with E-state index in [-0.39, 0.29) is 11.6 Å². The molecule has 2 fully saturated rings. The Hall–Kier alpha value is -1.74. The van der Waals surface area contributed by atoms with Crippen molar-refractivity contribution in [3.8, 4) is 11.1 Å². The van der Waals surface area contributed by atoms with Crippen molar-refractivity contribution in [2.24, 2.45) is 17.8 Å². The molecular formula is C35H50F2O. The van der Waals surface area contributed by atoms with E-state index in [1.807, 2.05) is 18.2 Å². The van der Waals surface area contributed by atoms with Gasteiger partial charge < -0.3 is 4.74 Å². The SMILES string of the molecule is CCCC1CCC(c2ccc(-c3ccc(CCCCC4CCC(CCCOC)CC4)c(F)c3)c(F)c2)CC1. The summed E-state index contributed by atoms with van der Waals surface area (Å²) in [6.07, 6.45) is 19.5. The van der Waals surface area contributed by atoms with Gasteiger partial charge in [0.15, 0.2) is 0 Å². The van der Waals surface area contributed by atoms with E-state index in [2.05, 4.69) is 13.0 Å². The van der Waals surface area contributed by atoms with E-state index < -0.39 is 0 Å². The fraction of sp³-hybridized carbons (Fsp3) is 0.657. The first-order valence-electron chi connectivity index (χ1n) is 15.6. The molecule has 0 heterocycles. The van der Waals surface area contributed by atoms with Gasteiger partial charge in [0.1, 0.15) is 11.6 Å². The lowest BCUT2D eigenvalue weighted by Crippen LogP contribution is -2.15. The topological polar surface area (TPSA) is 9.23 Å². The third-order valence-corrected chi connectivity index (χ3v) is 9.61. The Kier molecular flexibility index (Phi) is 11.7. The Labute approximate surface area is 230 Å². The minimum Gasteiger partial charge on any atom is -0.385 e. The highest BCUT2D eigenvalue weighted by atomic mass is 19.1. The average molecular weight is 525 g/mol. The summed E-state index contributed by atoms with van der Waals surface area (Å²) in [5, 5.41) is 0. The zero-order chi connectivity index (χ0) is 26.7. The van der Waals surface area contributed by atoms with Crippen LogP contribution >= 0.6 is 0 Å². The fourth-order valence-electron chi connectivity index (χ4n) is 7.20. The number of ether oxygens (including phenoxy) is 1. The van der Waals surface area contributed by atoms with Gasteiger partial charge in [-0.25, -0.2) is 8.78 Å². The molecule has 4 rings (SSSR count). The van der Waals surface area contributed by atoms with Crippen LogP contribution in [-0.2, 0) is 11.2 Å². The first-order chi connectivity index (χ1) is 18.6. The summed E-state index contributed by atoms with van der Waals surface area (Å²) in [4.78, 5) is 0. The van der Waals surface area contributed by atoms with Gasteiger partial charge in [-0.1, -0.05) is 82.6 Å². The van der Waals surface area contributed by atoms with Gasteiger partial charge in [-0.15, -0.1) is 0 Å². The maximum absolute atomic E-state index is 15.1. The van der Waals surface area contributed by atoms with Gasteiger partial charge in [-0.3, -0.25) is 0 Å². The van der Waals surface area contributed by atoms with E-state index >= 15 is 4.39 Å². The molecule has 38 heavy (non-hydrogen) atoms. The van der Waals surface area contributed by atoms with Crippen LogP contribution in [0.5, 0.6) is 0 Å². The number of methoxy groups -OCH3 is 1. The zero-order valence-electron chi connectivity index (χ0n) is 24.0. The van der Waals surface area contributed by atoms with E-state index in [1.54, 1.807) is 13.2 Å². The average Bonchev–Trinajstić information content (AvgIpc) is 2.93. The van der Waals surface area contributed by atoms with Gasteiger partial charge in [0.25, 0.3) is 0 Å². The van der Waals surface area contributed by atoms with E-state index in [9.17, 15) is 4.39 Å². The van der Waals surface area contributed by atoms with Crippen LogP contribution < -0.4 is 0 Å². The lowest BCUT2D eigenvalue weighted by molar-refractivity contribution is 0.175. The number of hydrogen-bond acceptors (Lipinski definition) is 1. The van der Waals surface area contributed by atoms with Crippen LogP contribution in [0.25, 0.3) is 11.1 Å². The van der Waals surface area contributed by atoms with Crippen molar-refractivity contribution in [2.45, 2.75) is 116 Å². The standard InChI is InChI=1S/C35H50F2O/c1-3-7-26-15-17-29(18-16-26)31-21-22-33(35(37)24-31)32-20-19-30(34(36)25-32)10-5-4-8-27-11-13-28(14-12-27)9-6-23-38-2/h19-22,24-29H,3-18,23H2,1-2H3. The second kappa shape index (κ2) is 15.2. The molecule has 2 aliphatic rings. The summed E-state index contributed by atoms with van der Waals surface area (Å²) >= 11 is 0. The molecule has 0 aliphatic heterocycles. The number of aryl methyl sites for hydroxylation is 1. The Morgan fingerprint density at radius 3 is 2.00 bits per heavy atom. The summed E-state index contributed by atoms with van der Waals surface area (Å²) in [5.74, 6) is 2.62. The van der Waals surface area contributed by atoms with Crippen molar-refractivity contribution in [2.75, 3.05) is 13.7 Å². The van der Waals surface area contributed by atoms with Crippen LogP contribution in [0.1, 0.15) is 120 Å². The maximum Gasteiger partial charge on any atom is 0.131 e. The fourth-order valence-corrected chi connectivity index (χ4v) is 7.20. The van der Waals surface area contributed by atoms with Crippen LogP contribution in [0.3, 0.4) is 0 Å². The monoisotopic (exact) mass is 524 g/mol. The first-order valence-corrected chi connectivity index (χ1v) is 15.6. The van der Waals surface area contributed by atoms with Gasteiger partial charge in [0.05, 0.1) is 0 Å². The van der Waals surface area contributed by atoms with Crippen molar-refractivity contribution < 1.29 is 13.5 Å². The quantitative estimate of drug-likeness (QED) is 0.237. The van der Waals surface area contributed by atoms with Gasteiger partial charge in [0.2, 0.25) is 0 Å². The molecule has 1 nitrogen and oxygen atoms in total. The number of benzene rings is 2. The molecule has 0 atom stereocenters. The third-order valence-electron chi connectivity index (χ3n) is 9.61. The lowest BCUT2D eigenvalue weighted by Gasteiger charge is -2.28. The van der Waals surface area contributed by atoms with Crippen molar-refractivity contribution in [3.05, 3.63) is 59.2 Å². The molecule has 0 unspecified atom stereocenters. The molecule has 2 aromatic carbocycles. The minimum absolute atomic E-state index is 0.197. The van der Waals surface area contributed by atoms with Crippen molar-refractivity contribution in [1.82, 2.24) is 0 Å². The second-order valence-electron chi connectivity index (χ2n) is 12.3. The summed E-state index contributed by atoms with van der Waals surface area (Å²) < 4.78 is 35.3. The summed E-state index contributed by atoms with van der Waals surface area (Å²) in [7, 11) is 1.79. The Morgan fingerprint density at radius 2 is 1.37 bits per heavy atom. The predicted octanol–water partition coefficient (Wildman–Crippen LogP) is 10.7. The predicted molar refractivity (Wildman–Crippen MR) is 156 cm³/mol. The Morgan fingerprint density at radius 1 is 0.711 bits per heavy atom. The van der Waals surface area contributed by atoms with Gasteiger partial charge >= 0.3 is 0 Å². The van der Waals surface area contributed by atoms with Gasteiger partial charge in [-0.05, 0) is 104 Å². The molecule has 0 aromatic heterocycles. The second-order valence-corrected chi connectivity index (χ2v) is 12.3. The van der Waals surface area contributed by atoms with E-state index in [0.717, 1.165) is 67.6 Å².